The maximum Gasteiger partial charge on any atom is 0.295 e. The van der Waals surface area contributed by atoms with Crippen molar-refractivity contribution in [3.05, 3.63) is 35.9 Å². The quantitative estimate of drug-likeness (QED) is 0.375. The molecule has 0 N–H and O–H groups in total. The standard InChI is InChI=1S/C14H20O3/c1-13(17-12-15)16-11-7-3-6-10-14-8-4-2-5-9-14/h2,4-5,8-9,12-13H,3,6-7,10-11H2,1H3. The van der Waals surface area contributed by atoms with Crippen LogP contribution in [0.5, 0.6) is 0 Å². The van der Waals surface area contributed by atoms with Crippen molar-refractivity contribution in [2.24, 2.45) is 0 Å². The van der Waals surface area contributed by atoms with Gasteiger partial charge in [0.15, 0.2) is 6.29 Å². The molecule has 1 unspecified atom stereocenters. The maximum atomic E-state index is 10.0. The van der Waals surface area contributed by atoms with Gasteiger partial charge in [0.1, 0.15) is 0 Å². The first kappa shape index (κ1) is 13.7. The Bertz CT molecular complexity index is 298. The fraction of sp³-hybridized carbons (Fsp3) is 0.500. The van der Waals surface area contributed by atoms with E-state index >= 15 is 0 Å². The van der Waals surface area contributed by atoms with Gasteiger partial charge in [0.25, 0.3) is 6.47 Å². The van der Waals surface area contributed by atoms with Gasteiger partial charge in [-0.1, -0.05) is 36.8 Å². The fourth-order valence-electron chi connectivity index (χ4n) is 1.62. The third-order valence-corrected chi connectivity index (χ3v) is 2.55. The number of hydrogen-bond donors (Lipinski definition) is 0. The van der Waals surface area contributed by atoms with Crippen molar-refractivity contribution in [3.8, 4) is 0 Å². The van der Waals surface area contributed by atoms with E-state index in [1.807, 2.05) is 6.07 Å². The Kier molecular flexibility index (Phi) is 7.07. The molecule has 3 heteroatoms. The molecule has 3 nitrogen and oxygen atoms in total. The van der Waals surface area contributed by atoms with E-state index in [-0.39, 0.29) is 0 Å². The second-order valence-electron chi connectivity index (χ2n) is 3.97. The van der Waals surface area contributed by atoms with Gasteiger partial charge in [-0.15, -0.1) is 0 Å². The molecular formula is C14H20O3. The van der Waals surface area contributed by atoms with Crippen molar-refractivity contribution >= 4 is 6.47 Å². The number of carbonyl (C=O) groups is 1. The van der Waals surface area contributed by atoms with Crippen LogP contribution in [0.15, 0.2) is 30.3 Å². The van der Waals surface area contributed by atoms with Crippen LogP contribution in [0.3, 0.4) is 0 Å². The summed E-state index contributed by atoms with van der Waals surface area (Å²) in [5.74, 6) is 0. The van der Waals surface area contributed by atoms with Crippen molar-refractivity contribution in [2.75, 3.05) is 6.61 Å². The summed E-state index contributed by atoms with van der Waals surface area (Å²) in [6, 6.07) is 10.5. The zero-order chi connectivity index (χ0) is 12.3. The Balaban J connectivity index is 1.96. The summed E-state index contributed by atoms with van der Waals surface area (Å²) in [4.78, 5) is 10.0. The van der Waals surface area contributed by atoms with Gasteiger partial charge in [-0.3, -0.25) is 4.79 Å². The van der Waals surface area contributed by atoms with E-state index in [4.69, 9.17) is 4.74 Å². The van der Waals surface area contributed by atoms with Crippen LogP contribution >= 0.6 is 0 Å². The largest absolute Gasteiger partial charge is 0.438 e. The van der Waals surface area contributed by atoms with Crippen molar-refractivity contribution in [1.82, 2.24) is 0 Å². The Labute approximate surface area is 103 Å². The SMILES string of the molecule is CC(OC=O)OCCCCCc1ccccc1. The Morgan fingerprint density at radius 3 is 2.65 bits per heavy atom. The molecule has 0 saturated carbocycles. The highest BCUT2D eigenvalue weighted by Gasteiger charge is 2.00. The Morgan fingerprint density at radius 1 is 1.18 bits per heavy atom. The second-order valence-corrected chi connectivity index (χ2v) is 3.97. The normalized spacial score (nSPS) is 12.1. The Morgan fingerprint density at radius 2 is 1.94 bits per heavy atom. The molecule has 0 spiro atoms. The lowest BCUT2D eigenvalue weighted by Gasteiger charge is -2.10. The van der Waals surface area contributed by atoms with Gasteiger partial charge in [0.2, 0.25) is 0 Å². The van der Waals surface area contributed by atoms with Crippen LogP contribution in [0.1, 0.15) is 31.7 Å². The molecule has 0 heterocycles. The van der Waals surface area contributed by atoms with Crippen LogP contribution in [-0.2, 0) is 20.7 Å². The van der Waals surface area contributed by atoms with Gasteiger partial charge in [0.05, 0.1) is 6.61 Å². The molecule has 1 aromatic carbocycles. The highest BCUT2D eigenvalue weighted by molar-refractivity contribution is 5.37. The number of ether oxygens (including phenoxy) is 2. The predicted octanol–water partition coefficient (Wildman–Crippen LogP) is 2.94. The van der Waals surface area contributed by atoms with Gasteiger partial charge in [-0.25, -0.2) is 0 Å². The number of carbonyl (C=O) groups excluding carboxylic acids is 1. The second kappa shape index (κ2) is 8.76. The molecule has 0 aliphatic heterocycles. The van der Waals surface area contributed by atoms with Gasteiger partial charge >= 0.3 is 0 Å². The molecule has 0 aliphatic carbocycles. The average Bonchev–Trinajstić information content (AvgIpc) is 2.35. The summed E-state index contributed by atoms with van der Waals surface area (Å²) in [5, 5.41) is 0. The van der Waals surface area contributed by atoms with Gasteiger partial charge in [-0.2, -0.15) is 0 Å². The van der Waals surface area contributed by atoms with E-state index in [9.17, 15) is 4.79 Å². The molecule has 1 aromatic rings. The van der Waals surface area contributed by atoms with E-state index in [0.717, 1.165) is 25.7 Å². The molecule has 17 heavy (non-hydrogen) atoms. The molecule has 0 fully saturated rings. The molecule has 0 aromatic heterocycles. The first-order chi connectivity index (χ1) is 8.33. The zero-order valence-electron chi connectivity index (χ0n) is 10.3. The Hall–Kier alpha value is -1.35. The van der Waals surface area contributed by atoms with Crippen molar-refractivity contribution in [1.29, 1.82) is 0 Å². The smallest absolute Gasteiger partial charge is 0.295 e. The summed E-state index contributed by atoms with van der Waals surface area (Å²) >= 11 is 0. The van der Waals surface area contributed by atoms with Crippen LogP contribution < -0.4 is 0 Å². The monoisotopic (exact) mass is 236 g/mol. The van der Waals surface area contributed by atoms with Gasteiger partial charge in [0, 0.05) is 0 Å². The summed E-state index contributed by atoms with van der Waals surface area (Å²) < 4.78 is 9.90. The topological polar surface area (TPSA) is 35.5 Å². The van der Waals surface area contributed by atoms with Crippen molar-refractivity contribution in [2.45, 2.75) is 38.9 Å². The lowest BCUT2D eigenvalue weighted by atomic mass is 10.1. The summed E-state index contributed by atoms with van der Waals surface area (Å²) in [7, 11) is 0. The molecule has 94 valence electrons. The molecule has 1 atom stereocenters. The van der Waals surface area contributed by atoms with Crippen LogP contribution in [0.2, 0.25) is 0 Å². The van der Waals surface area contributed by atoms with Crippen molar-refractivity contribution in [3.63, 3.8) is 0 Å². The van der Waals surface area contributed by atoms with E-state index in [2.05, 4.69) is 29.0 Å². The predicted molar refractivity (Wildman–Crippen MR) is 66.6 cm³/mol. The summed E-state index contributed by atoms with van der Waals surface area (Å²) in [5.41, 5.74) is 1.38. The third kappa shape index (κ3) is 6.74. The van der Waals surface area contributed by atoms with E-state index in [0.29, 0.717) is 13.1 Å². The number of aryl methyl sites for hydroxylation is 1. The first-order valence-corrected chi connectivity index (χ1v) is 6.07. The maximum absolute atomic E-state index is 10.0. The lowest BCUT2D eigenvalue weighted by Crippen LogP contribution is -2.12. The fourth-order valence-corrected chi connectivity index (χ4v) is 1.62. The van der Waals surface area contributed by atoms with E-state index in [1.54, 1.807) is 6.92 Å². The highest BCUT2D eigenvalue weighted by Crippen LogP contribution is 2.06. The van der Waals surface area contributed by atoms with Crippen LogP contribution in [0, 0.1) is 0 Å². The zero-order valence-corrected chi connectivity index (χ0v) is 10.3. The molecule has 0 bridgehead atoms. The van der Waals surface area contributed by atoms with Gasteiger partial charge < -0.3 is 9.47 Å². The molecule has 0 amide bonds. The number of unbranched alkanes of at least 4 members (excludes halogenated alkanes) is 2. The highest BCUT2D eigenvalue weighted by atomic mass is 16.7. The van der Waals surface area contributed by atoms with Crippen LogP contribution in [0.4, 0.5) is 0 Å². The van der Waals surface area contributed by atoms with Crippen LogP contribution in [-0.4, -0.2) is 19.4 Å². The minimum atomic E-state index is -0.429. The lowest BCUT2D eigenvalue weighted by molar-refractivity contribution is -0.159. The number of rotatable bonds is 9. The van der Waals surface area contributed by atoms with E-state index in [1.165, 1.54) is 5.56 Å². The molecule has 0 radical (unpaired) electrons. The number of hydrogen-bond acceptors (Lipinski definition) is 3. The summed E-state index contributed by atoms with van der Waals surface area (Å²) in [6.45, 7) is 2.78. The minimum absolute atomic E-state index is 0.417. The average molecular weight is 236 g/mol. The first-order valence-electron chi connectivity index (χ1n) is 6.07. The van der Waals surface area contributed by atoms with E-state index < -0.39 is 6.29 Å². The van der Waals surface area contributed by atoms with Crippen LogP contribution in [0.25, 0.3) is 0 Å². The molecule has 0 aliphatic rings. The minimum Gasteiger partial charge on any atom is -0.438 e. The van der Waals surface area contributed by atoms with Crippen molar-refractivity contribution < 1.29 is 14.3 Å². The summed E-state index contributed by atoms with van der Waals surface area (Å²) in [6.07, 6.45) is 3.97. The molecule has 1 rings (SSSR count). The number of benzene rings is 1. The molecular weight excluding hydrogens is 216 g/mol. The molecule has 0 saturated heterocycles. The third-order valence-electron chi connectivity index (χ3n) is 2.55. The van der Waals surface area contributed by atoms with Gasteiger partial charge in [-0.05, 0) is 31.7 Å².